The van der Waals surface area contributed by atoms with E-state index in [1.165, 1.54) is 6.33 Å². The van der Waals surface area contributed by atoms with Crippen LogP contribution >= 0.6 is 0 Å². The standard InChI is InChI=1S/C10H18N4O2S/c15-17(16)6-2-3-9(7-17)11-5-1-4-10-12-8-13-14-10/h8-9,11H,1-7H2,(H,12,13,14). The summed E-state index contributed by atoms with van der Waals surface area (Å²) in [6.45, 7) is 0.820. The minimum atomic E-state index is -2.80. The van der Waals surface area contributed by atoms with E-state index in [9.17, 15) is 8.42 Å². The third-order valence-corrected chi connectivity index (χ3v) is 4.77. The minimum absolute atomic E-state index is 0.128. The van der Waals surface area contributed by atoms with Gasteiger partial charge in [0.05, 0.1) is 11.5 Å². The average molecular weight is 258 g/mol. The van der Waals surface area contributed by atoms with Crippen LogP contribution in [0.3, 0.4) is 0 Å². The van der Waals surface area contributed by atoms with Crippen LogP contribution in [0.15, 0.2) is 6.33 Å². The van der Waals surface area contributed by atoms with Gasteiger partial charge in [0.2, 0.25) is 0 Å². The lowest BCUT2D eigenvalue weighted by Crippen LogP contribution is -2.40. The van der Waals surface area contributed by atoms with Crippen molar-refractivity contribution in [3.8, 4) is 0 Å². The van der Waals surface area contributed by atoms with Crippen molar-refractivity contribution in [1.82, 2.24) is 20.5 Å². The number of hydrogen-bond donors (Lipinski definition) is 2. The van der Waals surface area contributed by atoms with Crippen molar-refractivity contribution >= 4 is 9.84 Å². The number of rotatable bonds is 5. The number of nitrogens with zero attached hydrogens (tertiary/aromatic N) is 2. The van der Waals surface area contributed by atoms with E-state index in [1.807, 2.05) is 0 Å². The fraction of sp³-hybridized carbons (Fsp3) is 0.800. The second-order valence-electron chi connectivity index (χ2n) is 4.44. The van der Waals surface area contributed by atoms with Gasteiger partial charge in [-0.2, -0.15) is 5.10 Å². The molecule has 1 atom stereocenters. The Morgan fingerprint density at radius 2 is 2.41 bits per heavy atom. The van der Waals surface area contributed by atoms with E-state index >= 15 is 0 Å². The maximum absolute atomic E-state index is 11.4. The molecule has 1 aromatic rings. The molecule has 96 valence electrons. The summed E-state index contributed by atoms with van der Waals surface area (Å²) in [5, 5.41) is 9.88. The van der Waals surface area contributed by atoms with Gasteiger partial charge in [0.25, 0.3) is 0 Å². The monoisotopic (exact) mass is 258 g/mol. The molecule has 0 spiro atoms. The fourth-order valence-corrected chi connectivity index (χ4v) is 3.77. The SMILES string of the molecule is O=S1(=O)CCCC(NCCCc2ncn[nH]2)C1. The van der Waals surface area contributed by atoms with Crippen molar-refractivity contribution in [3.05, 3.63) is 12.2 Å². The highest BCUT2D eigenvalue weighted by Gasteiger charge is 2.23. The minimum Gasteiger partial charge on any atom is -0.313 e. The van der Waals surface area contributed by atoms with Gasteiger partial charge in [-0.05, 0) is 25.8 Å². The van der Waals surface area contributed by atoms with Crippen LogP contribution in [0, 0.1) is 0 Å². The first kappa shape index (κ1) is 12.5. The molecular weight excluding hydrogens is 240 g/mol. The third-order valence-electron chi connectivity index (χ3n) is 2.95. The Morgan fingerprint density at radius 3 is 3.12 bits per heavy atom. The first-order valence-electron chi connectivity index (χ1n) is 5.94. The Kier molecular flexibility index (Phi) is 4.11. The van der Waals surface area contributed by atoms with Crippen molar-refractivity contribution in [2.24, 2.45) is 0 Å². The van der Waals surface area contributed by atoms with E-state index in [2.05, 4.69) is 20.5 Å². The zero-order valence-corrected chi connectivity index (χ0v) is 10.5. The summed E-state index contributed by atoms with van der Waals surface area (Å²) in [7, 11) is -2.80. The van der Waals surface area contributed by atoms with Crippen LogP contribution in [0.5, 0.6) is 0 Å². The van der Waals surface area contributed by atoms with E-state index in [0.717, 1.165) is 38.1 Å². The molecule has 1 saturated heterocycles. The summed E-state index contributed by atoms with van der Waals surface area (Å²) in [4.78, 5) is 4.03. The molecule has 7 heteroatoms. The van der Waals surface area contributed by atoms with Gasteiger partial charge in [-0.25, -0.2) is 13.4 Å². The number of aromatic amines is 1. The lowest BCUT2D eigenvalue weighted by Gasteiger charge is -2.22. The van der Waals surface area contributed by atoms with E-state index in [-0.39, 0.29) is 11.8 Å². The zero-order chi connectivity index (χ0) is 12.1. The topological polar surface area (TPSA) is 87.7 Å². The Hall–Kier alpha value is -0.950. The predicted octanol–water partition coefficient (Wildman–Crippen LogP) is -0.0959. The highest BCUT2D eigenvalue weighted by Crippen LogP contribution is 2.11. The van der Waals surface area contributed by atoms with Gasteiger partial charge in [0.15, 0.2) is 9.84 Å². The third kappa shape index (κ3) is 4.08. The van der Waals surface area contributed by atoms with E-state index < -0.39 is 9.84 Å². The maximum atomic E-state index is 11.4. The van der Waals surface area contributed by atoms with Gasteiger partial charge >= 0.3 is 0 Å². The number of aryl methyl sites for hydroxylation is 1. The molecule has 0 saturated carbocycles. The molecule has 2 N–H and O–H groups in total. The molecule has 6 nitrogen and oxygen atoms in total. The van der Waals surface area contributed by atoms with Crippen molar-refractivity contribution in [2.75, 3.05) is 18.1 Å². The molecule has 1 fully saturated rings. The van der Waals surface area contributed by atoms with Crippen molar-refractivity contribution in [1.29, 1.82) is 0 Å². The molecule has 0 aromatic carbocycles. The summed E-state index contributed by atoms with van der Waals surface area (Å²) >= 11 is 0. The van der Waals surface area contributed by atoms with Crippen LogP contribution < -0.4 is 5.32 Å². The van der Waals surface area contributed by atoms with Gasteiger partial charge in [0.1, 0.15) is 12.2 Å². The Balaban J connectivity index is 1.65. The highest BCUT2D eigenvalue weighted by molar-refractivity contribution is 7.91. The second-order valence-corrected chi connectivity index (χ2v) is 6.67. The van der Waals surface area contributed by atoms with Crippen LogP contribution in [0.2, 0.25) is 0 Å². The number of aromatic nitrogens is 3. The van der Waals surface area contributed by atoms with E-state index in [1.54, 1.807) is 0 Å². The molecule has 1 unspecified atom stereocenters. The van der Waals surface area contributed by atoms with Crippen LogP contribution in [-0.4, -0.2) is 47.7 Å². The molecule has 1 aliphatic heterocycles. The van der Waals surface area contributed by atoms with Crippen LogP contribution in [0.4, 0.5) is 0 Å². The molecule has 0 amide bonds. The number of H-pyrrole nitrogens is 1. The lowest BCUT2D eigenvalue weighted by molar-refractivity contribution is 0.475. The molecule has 1 aromatic heterocycles. The molecule has 0 radical (unpaired) electrons. The number of nitrogens with one attached hydrogen (secondary N) is 2. The Bertz CT molecular complexity index is 429. The molecule has 17 heavy (non-hydrogen) atoms. The van der Waals surface area contributed by atoms with Crippen LogP contribution in [0.1, 0.15) is 25.1 Å². The quantitative estimate of drug-likeness (QED) is 0.720. The Labute approximate surface area is 101 Å². The van der Waals surface area contributed by atoms with Crippen LogP contribution in [-0.2, 0) is 16.3 Å². The predicted molar refractivity (Wildman–Crippen MR) is 64.4 cm³/mol. The first-order valence-corrected chi connectivity index (χ1v) is 7.76. The van der Waals surface area contributed by atoms with Crippen molar-refractivity contribution in [2.45, 2.75) is 31.7 Å². The molecule has 2 rings (SSSR count). The summed E-state index contributed by atoms with van der Waals surface area (Å²) in [6.07, 6.45) is 5.01. The molecule has 2 heterocycles. The van der Waals surface area contributed by atoms with E-state index in [0.29, 0.717) is 5.75 Å². The summed E-state index contributed by atoms with van der Waals surface area (Å²) in [5.74, 6) is 1.52. The second kappa shape index (κ2) is 5.59. The maximum Gasteiger partial charge on any atom is 0.151 e. The van der Waals surface area contributed by atoms with Crippen molar-refractivity contribution < 1.29 is 8.42 Å². The van der Waals surface area contributed by atoms with Gasteiger partial charge in [0, 0.05) is 12.5 Å². The van der Waals surface area contributed by atoms with Gasteiger partial charge < -0.3 is 5.32 Å². The summed E-state index contributed by atoms with van der Waals surface area (Å²) in [6, 6.07) is 0.128. The zero-order valence-electron chi connectivity index (χ0n) is 9.72. The summed E-state index contributed by atoms with van der Waals surface area (Å²) in [5.41, 5.74) is 0. The summed E-state index contributed by atoms with van der Waals surface area (Å²) < 4.78 is 22.8. The molecule has 1 aliphatic rings. The smallest absolute Gasteiger partial charge is 0.151 e. The number of hydrogen-bond acceptors (Lipinski definition) is 5. The van der Waals surface area contributed by atoms with E-state index in [4.69, 9.17) is 0 Å². The normalized spacial score (nSPS) is 23.6. The van der Waals surface area contributed by atoms with Gasteiger partial charge in [-0.15, -0.1) is 0 Å². The lowest BCUT2D eigenvalue weighted by atomic mass is 10.2. The largest absolute Gasteiger partial charge is 0.313 e. The van der Waals surface area contributed by atoms with Gasteiger partial charge in [-0.3, -0.25) is 5.10 Å². The van der Waals surface area contributed by atoms with Crippen LogP contribution in [0.25, 0.3) is 0 Å². The first-order chi connectivity index (χ1) is 8.16. The van der Waals surface area contributed by atoms with Gasteiger partial charge in [-0.1, -0.05) is 0 Å². The number of sulfone groups is 1. The Morgan fingerprint density at radius 1 is 1.53 bits per heavy atom. The molecule has 0 aliphatic carbocycles. The highest BCUT2D eigenvalue weighted by atomic mass is 32.2. The fourth-order valence-electron chi connectivity index (χ4n) is 2.10. The molecule has 0 bridgehead atoms. The van der Waals surface area contributed by atoms with Crippen molar-refractivity contribution in [3.63, 3.8) is 0 Å². The average Bonchev–Trinajstić information content (AvgIpc) is 2.76. The molecular formula is C10H18N4O2S.